The molecule has 2 atom stereocenters. The van der Waals surface area contributed by atoms with Crippen LogP contribution >= 0.6 is 11.6 Å². The number of hydrogen-bond donors (Lipinski definition) is 5. The fourth-order valence-corrected chi connectivity index (χ4v) is 4.95. The summed E-state index contributed by atoms with van der Waals surface area (Å²) >= 11 is 6.46. The number of carboxylic acid groups (broad SMARTS) is 1. The van der Waals surface area contributed by atoms with E-state index >= 15 is 0 Å². The van der Waals surface area contributed by atoms with Gasteiger partial charge in [0, 0.05) is 5.70 Å². The van der Waals surface area contributed by atoms with E-state index in [1.807, 2.05) is 0 Å². The molecule has 0 unspecified atom stereocenters. The van der Waals surface area contributed by atoms with E-state index in [9.17, 15) is 19.5 Å². The first kappa shape index (κ1) is 35.4. The number of aliphatic hydroxyl groups is 1. The van der Waals surface area contributed by atoms with Crippen LogP contribution in [0.15, 0.2) is 71.0 Å². The predicted molar refractivity (Wildman–Crippen MR) is 175 cm³/mol. The molecule has 2 amide bonds. The first-order valence-electron chi connectivity index (χ1n) is 14.6. The van der Waals surface area contributed by atoms with Crippen molar-refractivity contribution in [3.8, 4) is 23.0 Å². The number of allylic oxidation sites excluding steroid dienone is 1. The van der Waals surface area contributed by atoms with Crippen LogP contribution in [-0.4, -0.2) is 68.1 Å². The third-order valence-electron chi connectivity index (χ3n) is 6.95. The summed E-state index contributed by atoms with van der Waals surface area (Å²) in [6.45, 7) is 3.62. The number of hydrazone groups is 1. The summed E-state index contributed by atoms with van der Waals surface area (Å²) in [6.07, 6.45) is 0.205. The van der Waals surface area contributed by atoms with Crippen molar-refractivity contribution in [1.82, 2.24) is 16.1 Å². The van der Waals surface area contributed by atoms with Gasteiger partial charge in [-0.15, -0.1) is 0 Å². The monoisotopic (exact) mass is 682 g/mol. The van der Waals surface area contributed by atoms with Crippen molar-refractivity contribution in [2.24, 2.45) is 5.10 Å². The Balaban J connectivity index is 1.38. The third kappa shape index (κ3) is 8.86. The second-order valence-corrected chi connectivity index (χ2v) is 10.6. The molecule has 0 fully saturated rings. The number of esters is 1. The highest BCUT2D eigenvalue weighted by Gasteiger charge is 2.32. The summed E-state index contributed by atoms with van der Waals surface area (Å²) in [5, 5.41) is 29.1. The molecule has 15 heteroatoms. The Morgan fingerprint density at radius 1 is 1.04 bits per heavy atom. The molecule has 0 radical (unpaired) electrons. The van der Waals surface area contributed by atoms with Crippen molar-refractivity contribution in [2.45, 2.75) is 32.7 Å². The number of rotatable bonds is 15. The van der Waals surface area contributed by atoms with E-state index in [1.165, 1.54) is 32.6 Å². The zero-order valence-electron chi connectivity index (χ0n) is 26.5. The van der Waals surface area contributed by atoms with Gasteiger partial charge in [0.05, 0.1) is 49.2 Å². The van der Waals surface area contributed by atoms with Crippen LogP contribution in [0.4, 0.5) is 4.79 Å². The normalized spacial score (nSPS) is 14.9. The molecule has 254 valence electrons. The molecule has 1 aliphatic heterocycles. The van der Waals surface area contributed by atoms with E-state index in [4.69, 9.17) is 40.4 Å². The lowest BCUT2D eigenvalue weighted by Gasteiger charge is -2.28. The lowest BCUT2D eigenvalue weighted by atomic mass is 9.95. The van der Waals surface area contributed by atoms with Crippen LogP contribution in [-0.2, 0) is 16.1 Å². The molecule has 1 heterocycles. The van der Waals surface area contributed by atoms with Crippen molar-refractivity contribution in [1.29, 1.82) is 0 Å². The Bertz CT molecular complexity index is 1710. The number of ether oxygens (including phenoxy) is 5. The highest BCUT2D eigenvalue weighted by Crippen LogP contribution is 2.37. The topological polar surface area (TPSA) is 186 Å². The summed E-state index contributed by atoms with van der Waals surface area (Å²) in [5.74, 6) is -0.319. The van der Waals surface area contributed by atoms with E-state index in [0.29, 0.717) is 46.4 Å². The highest BCUT2D eigenvalue weighted by atomic mass is 35.5. The minimum absolute atomic E-state index is 0.130. The number of aliphatic hydroxyl groups excluding tert-OH is 1. The van der Waals surface area contributed by atoms with Crippen LogP contribution in [0.1, 0.15) is 46.9 Å². The Labute approximate surface area is 281 Å². The number of carbonyl (C=O) groups is 3. The zero-order valence-corrected chi connectivity index (χ0v) is 27.3. The second kappa shape index (κ2) is 16.4. The van der Waals surface area contributed by atoms with Gasteiger partial charge in [-0.25, -0.2) is 14.4 Å². The van der Waals surface area contributed by atoms with Crippen LogP contribution in [0, 0.1) is 0 Å². The number of halogens is 1. The molecule has 1 aliphatic rings. The number of carboxylic acids is 1. The van der Waals surface area contributed by atoms with Crippen molar-refractivity contribution < 1.29 is 48.3 Å². The molecule has 14 nitrogen and oxygen atoms in total. The molecular weight excluding hydrogens is 648 g/mol. The summed E-state index contributed by atoms with van der Waals surface area (Å²) in [4.78, 5) is 35.7. The zero-order chi connectivity index (χ0) is 34.8. The van der Waals surface area contributed by atoms with E-state index in [1.54, 1.807) is 56.3 Å². The number of amides is 2. The average molecular weight is 683 g/mol. The van der Waals surface area contributed by atoms with Crippen LogP contribution in [0.2, 0.25) is 5.02 Å². The maximum Gasteiger partial charge on any atom is 0.337 e. The summed E-state index contributed by atoms with van der Waals surface area (Å²) in [6, 6.07) is 13.2. The van der Waals surface area contributed by atoms with Gasteiger partial charge >= 0.3 is 18.0 Å². The van der Waals surface area contributed by atoms with Crippen molar-refractivity contribution in [3.63, 3.8) is 0 Å². The number of urea groups is 1. The van der Waals surface area contributed by atoms with Gasteiger partial charge in [-0.2, -0.15) is 5.10 Å². The maximum absolute atomic E-state index is 12.5. The van der Waals surface area contributed by atoms with Gasteiger partial charge < -0.3 is 44.5 Å². The van der Waals surface area contributed by atoms with Crippen molar-refractivity contribution in [3.05, 3.63) is 93.1 Å². The fraction of sp³-hybridized carbons (Fsp3) is 0.273. The van der Waals surface area contributed by atoms with Gasteiger partial charge in [-0.05, 0) is 66.9 Å². The molecule has 0 saturated heterocycles. The number of carbonyl (C=O) groups excluding carboxylic acids is 2. The lowest BCUT2D eigenvalue weighted by molar-refractivity contribution is -0.136. The summed E-state index contributed by atoms with van der Waals surface area (Å²) < 4.78 is 27.7. The van der Waals surface area contributed by atoms with Gasteiger partial charge in [-0.3, -0.25) is 5.43 Å². The van der Waals surface area contributed by atoms with Crippen molar-refractivity contribution >= 4 is 35.8 Å². The van der Waals surface area contributed by atoms with Crippen LogP contribution in [0.5, 0.6) is 23.0 Å². The van der Waals surface area contributed by atoms with Crippen LogP contribution in [0.3, 0.4) is 0 Å². The van der Waals surface area contributed by atoms with Crippen LogP contribution < -0.4 is 35.0 Å². The molecule has 3 aromatic rings. The number of aromatic carboxylic acids is 1. The van der Waals surface area contributed by atoms with Gasteiger partial charge in [-0.1, -0.05) is 29.8 Å². The van der Waals surface area contributed by atoms with Gasteiger partial charge in [0.25, 0.3) is 0 Å². The number of benzene rings is 3. The number of nitrogens with one attached hydrogen (secondary N) is 3. The van der Waals surface area contributed by atoms with Gasteiger partial charge in [0.15, 0.2) is 29.2 Å². The maximum atomic E-state index is 12.5. The Kier molecular flexibility index (Phi) is 12.1. The minimum atomic E-state index is -1.22. The second-order valence-electron chi connectivity index (χ2n) is 10.2. The molecule has 0 aromatic heterocycles. The number of nitrogens with zero attached hydrogens (tertiary/aromatic N) is 1. The largest absolute Gasteiger partial charge is 0.493 e. The summed E-state index contributed by atoms with van der Waals surface area (Å²) in [7, 11) is 2.72. The lowest BCUT2D eigenvalue weighted by Crippen LogP contribution is -2.45. The molecular formula is C33H35ClN4O10. The van der Waals surface area contributed by atoms with E-state index < -0.39 is 30.2 Å². The molecule has 0 saturated carbocycles. The number of hydrogen-bond acceptors (Lipinski definition) is 11. The van der Waals surface area contributed by atoms with E-state index in [0.717, 1.165) is 5.56 Å². The quantitative estimate of drug-likeness (QED) is 0.0671. The molecule has 3 aromatic carbocycles. The predicted octanol–water partition coefficient (Wildman–Crippen LogP) is 4.15. The Hall–Kier alpha value is -5.47. The first-order valence-corrected chi connectivity index (χ1v) is 15.0. The van der Waals surface area contributed by atoms with E-state index in [-0.39, 0.29) is 29.4 Å². The Morgan fingerprint density at radius 3 is 2.46 bits per heavy atom. The highest BCUT2D eigenvalue weighted by molar-refractivity contribution is 6.32. The number of methoxy groups -OCH3 is 2. The minimum Gasteiger partial charge on any atom is -0.493 e. The van der Waals surface area contributed by atoms with Crippen LogP contribution in [0.25, 0.3) is 0 Å². The Morgan fingerprint density at radius 2 is 1.79 bits per heavy atom. The fourth-order valence-electron chi connectivity index (χ4n) is 4.67. The molecule has 0 spiro atoms. The van der Waals surface area contributed by atoms with Crippen molar-refractivity contribution in [2.75, 3.05) is 27.4 Å². The van der Waals surface area contributed by atoms with E-state index in [2.05, 4.69) is 21.2 Å². The third-order valence-corrected chi connectivity index (χ3v) is 7.23. The summed E-state index contributed by atoms with van der Waals surface area (Å²) in [5.41, 5.74) is 5.20. The average Bonchev–Trinajstić information content (AvgIpc) is 3.06. The molecule has 5 N–H and O–H groups in total. The molecule has 0 aliphatic carbocycles. The SMILES string of the molecule is CCOc1cc([C@@H]2NC(=O)NC(C)=C2C(=O)OC)ccc1OC[C@H](O)N/N=C\c1cc(Cl)c(OCc2ccc(C(=O)O)cc2)c(OC)c1. The van der Waals surface area contributed by atoms with Gasteiger partial charge in [0.1, 0.15) is 13.2 Å². The molecule has 0 bridgehead atoms. The first-order chi connectivity index (χ1) is 23.0. The smallest absolute Gasteiger partial charge is 0.337 e. The molecule has 48 heavy (non-hydrogen) atoms. The molecule has 4 rings (SSSR count). The van der Waals surface area contributed by atoms with Gasteiger partial charge in [0.2, 0.25) is 0 Å². The standard InChI is InChI=1S/C33H35ClN4O10/c1-5-46-25-14-22(29-28(32(42)45-4)18(2)36-33(43)37-29)10-11-24(25)47-17-27(39)38-35-15-20-12-23(34)30(26(13-20)44-3)48-16-19-6-8-21(9-7-19)31(40)41/h6-15,27,29,38-39H,5,16-17H2,1-4H3,(H,40,41)(H2,36,37,43)/b35-15-/t27-,29-/m0/s1.